The first-order valence-corrected chi connectivity index (χ1v) is 10.4. The van der Waals surface area contributed by atoms with Crippen molar-refractivity contribution >= 4 is 52.1 Å². The minimum absolute atomic E-state index is 0.0337. The molecule has 1 aromatic heterocycles. The predicted molar refractivity (Wildman–Crippen MR) is 120 cm³/mol. The van der Waals surface area contributed by atoms with Gasteiger partial charge in [-0.1, -0.05) is 23.2 Å². The average molecular weight is 443 g/mol. The number of fused-ring (bicyclic) bond motifs is 1. The average Bonchev–Trinajstić information content (AvgIpc) is 2.72. The molecule has 0 saturated carbocycles. The second-order valence-electron chi connectivity index (χ2n) is 6.83. The molecular weight excluding hydrogens is 423 g/mol. The zero-order valence-corrected chi connectivity index (χ0v) is 17.8. The summed E-state index contributed by atoms with van der Waals surface area (Å²) in [6.07, 6.45) is 1.98. The zero-order chi connectivity index (χ0) is 21.1. The molecule has 1 heterocycles. The molecule has 1 aliphatic rings. The van der Waals surface area contributed by atoms with E-state index in [2.05, 4.69) is 20.6 Å². The van der Waals surface area contributed by atoms with Crippen LogP contribution in [-0.2, 0) is 6.42 Å². The maximum absolute atomic E-state index is 12.6. The van der Waals surface area contributed by atoms with Gasteiger partial charge >= 0.3 is 0 Å². The Morgan fingerprint density at radius 3 is 2.47 bits per heavy atom. The molecule has 0 atom stereocenters. The highest BCUT2D eigenvalue weighted by Crippen LogP contribution is 2.32. The molecule has 0 saturated heterocycles. The predicted octanol–water partition coefficient (Wildman–Crippen LogP) is 6.19. The van der Waals surface area contributed by atoms with E-state index in [4.69, 9.17) is 27.9 Å². The Bertz CT molecular complexity index is 1090. The Morgan fingerprint density at radius 2 is 1.73 bits per heavy atom. The van der Waals surface area contributed by atoms with Crippen molar-refractivity contribution in [2.45, 2.75) is 26.2 Å². The summed E-state index contributed by atoms with van der Waals surface area (Å²) in [6, 6.07) is 12.7. The van der Waals surface area contributed by atoms with Crippen LogP contribution in [-0.4, -0.2) is 22.4 Å². The highest BCUT2D eigenvalue weighted by Gasteiger charge is 2.25. The molecule has 1 aliphatic carbocycles. The van der Waals surface area contributed by atoms with Crippen LogP contribution >= 0.6 is 23.2 Å². The number of ketones is 1. The van der Waals surface area contributed by atoms with Crippen molar-refractivity contribution in [3.05, 3.63) is 63.8 Å². The van der Waals surface area contributed by atoms with Crippen molar-refractivity contribution in [1.82, 2.24) is 9.97 Å². The van der Waals surface area contributed by atoms with Gasteiger partial charge in [0, 0.05) is 17.8 Å². The van der Waals surface area contributed by atoms with Gasteiger partial charge in [0.1, 0.15) is 11.6 Å². The number of ether oxygens (including phenoxy) is 1. The number of Topliss-reactive ketones (excluding diaryl/α,β-unsaturated/α-hetero) is 1. The van der Waals surface area contributed by atoms with Crippen molar-refractivity contribution in [3.63, 3.8) is 0 Å². The normalized spacial score (nSPS) is 13.0. The third-order valence-corrected chi connectivity index (χ3v) is 5.42. The molecule has 154 valence electrons. The minimum atomic E-state index is 0.0337. The van der Waals surface area contributed by atoms with Gasteiger partial charge in [0.05, 0.1) is 27.9 Å². The number of nitrogens with zero attached hydrogens (tertiary/aromatic N) is 2. The number of hydrogen-bond acceptors (Lipinski definition) is 6. The maximum Gasteiger partial charge on any atom is 0.229 e. The lowest BCUT2D eigenvalue weighted by Gasteiger charge is -2.19. The molecule has 0 spiro atoms. The fourth-order valence-electron chi connectivity index (χ4n) is 3.31. The van der Waals surface area contributed by atoms with E-state index in [0.29, 0.717) is 46.1 Å². The summed E-state index contributed by atoms with van der Waals surface area (Å²) in [5, 5.41) is 7.30. The standard InChI is InChI=1S/C22H20Cl2N4O2/c1-2-30-15-9-6-13(7-10-15)26-22-27-18-4-3-5-19(29)20(18)21(28-22)25-14-8-11-16(23)17(24)12-14/h6-12H,2-5H2,1H3,(H2,25,26,27,28). The fourth-order valence-corrected chi connectivity index (χ4v) is 3.61. The molecule has 0 aliphatic heterocycles. The molecule has 8 heteroatoms. The Kier molecular flexibility index (Phi) is 6.06. The molecule has 3 aromatic rings. The largest absolute Gasteiger partial charge is 0.494 e. The van der Waals surface area contributed by atoms with E-state index >= 15 is 0 Å². The smallest absolute Gasteiger partial charge is 0.229 e. The Labute approximate surface area is 184 Å². The number of carbonyl (C=O) groups is 1. The number of rotatable bonds is 6. The van der Waals surface area contributed by atoms with Crippen LogP contribution in [0.25, 0.3) is 0 Å². The second kappa shape index (κ2) is 8.90. The fraction of sp³-hybridized carbons (Fsp3) is 0.227. The molecule has 2 N–H and O–H groups in total. The summed E-state index contributed by atoms with van der Waals surface area (Å²) in [5.41, 5.74) is 2.78. The third kappa shape index (κ3) is 4.50. The van der Waals surface area contributed by atoms with Gasteiger partial charge in [-0.25, -0.2) is 4.98 Å². The highest BCUT2D eigenvalue weighted by molar-refractivity contribution is 6.42. The van der Waals surface area contributed by atoms with E-state index in [1.807, 2.05) is 31.2 Å². The van der Waals surface area contributed by atoms with Crippen LogP contribution in [0.1, 0.15) is 35.8 Å². The molecule has 0 radical (unpaired) electrons. The van der Waals surface area contributed by atoms with E-state index in [9.17, 15) is 4.79 Å². The molecule has 30 heavy (non-hydrogen) atoms. The van der Waals surface area contributed by atoms with Crippen LogP contribution in [0, 0.1) is 0 Å². The van der Waals surface area contributed by atoms with E-state index in [1.54, 1.807) is 18.2 Å². The van der Waals surface area contributed by atoms with Crippen molar-refractivity contribution in [1.29, 1.82) is 0 Å². The van der Waals surface area contributed by atoms with Crippen molar-refractivity contribution in [2.75, 3.05) is 17.2 Å². The summed E-state index contributed by atoms with van der Waals surface area (Å²) in [6.45, 7) is 2.55. The number of aryl methyl sites for hydroxylation is 1. The zero-order valence-electron chi connectivity index (χ0n) is 16.3. The molecule has 0 amide bonds. The van der Waals surface area contributed by atoms with E-state index < -0.39 is 0 Å². The number of carbonyl (C=O) groups excluding carboxylic acids is 1. The van der Waals surface area contributed by atoms with Crippen molar-refractivity contribution in [3.8, 4) is 5.75 Å². The van der Waals surface area contributed by atoms with Crippen LogP contribution < -0.4 is 15.4 Å². The quantitative estimate of drug-likeness (QED) is 0.473. The van der Waals surface area contributed by atoms with Crippen LogP contribution in [0.5, 0.6) is 5.75 Å². The third-order valence-electron chi connectivity index (χ3n) is 4.68. The van der Waals surface area contributed by atoms with E-state index in [-0.39, 0.29) is 5.78 Å². The molecule has 4 rings (SSSR count). The van der Waals surface area contributed by atoms with Gasteiger partial charge < -0.3 is 15.4 Å². The maximum atomic E-state index is 12.6. The second-order valence-corrected chi connectivity index (χ2v) is 7.64. The summed E-state index contributed by atoms with van der Waals surface area (Å²) in [4.78, 5) is 21.8. The number of anilines is 4. The van der Waals surface area contributed by atoms with E-state index in [1.165, 1.54) is 0 Å². The molecule has 2 aromatic carbocycles. The van der Waals surface area contributed by atoms with Gasteiger partial charge in [0.2, 0.25) is 5.95 Å². The number of benzene rings is 2. The summed E-state index contributed by atoms with van der Waals surface area (Å²) < 4.78 is 5.47. The van der Waals surface area contributed by atoms with Gasteiger partial charge in [0.15, 0.2) is 5.78 Å². The van der Waals surface area contributed by atoms with Gasteiger partial charge in [-0.15, -0.1) is 0 Å². The SMILES string of the molecule is CCOc1ccc(Nc2nc3c(c(Nc4ccc(Cl)c(Cl)c4)n2)C(=O)CCC3)cc1. The monoisotopic (exact) mass is 442 g/mol. The molecule has 0 fully saturated rings. The first-order chi connectivity index (χ1) is 14.5. The van der Waals surface area contributed by atoms with Gasteiger partial charge in [-0.05, 0) is 62.2 Å². The van der Waals surface area contributed by atoms with Crippen LogP contribution in [0.2, 0.25) is 10.0 Å². The topological polar surface area (TPSA) is 76.1 Å². The van der Waals surface area contributed by atoms with Crippen molar-refractivity contribution in [2.24, 2.45) is 0 Å². The highest BCUT2D eigenvalue weighted by atomic mass is 35.5. The van der Waals surface area contributed by atoms with Crippen LogP contribution in [0.4, 0.5) is 23.1 Å². The lowest BCUT2D eigenvalue weighted by molar-refractivity contribution is 0.0972. The van der Waals surface area contributed by atoms with Gasteiger partial charge in [-0.2, -0.15) is 4.98 Å². The molecule has 0 bridgehead atoms. The lowest BCUT2D eigenvalue weighted by atomic mass is 9.95. The Balaban J connectivity index is 1.67. The number of nitrogens with one attached hydrogen (secondary N) is 2. The summed E-state index contributed by atoms with van der Waals surface area (Å²) >= 11 is 12.1. The lowest BCUT2D eigenvalue weighted by Crippen LogP contribution is -2.17. The minimum Gasteiger partial charge on any atom is -0.494 e. The Morgan fingerprint density at radius 1 is 0.967 bits per heavy atom. The molecule has 0 unspecified atom stereocenters. The molecule has 6 nitrogen and oxygen atoms in total. The summed E-state index contributed by atoms with van der Waals surface area (Å²) in [7, 11) is 0. The van der Waals surface area contributed by atoms with Crippen LogP contribution in [0.15, 0.2) is 42.5 Å². The summed E-state index contributed by atoms with van der Waals surface area (Å²) in [5.74, 6) is 1.69. The molecular formula is C22H20Cl2N4O2. The van der Waals surface area contributed by atoms with E-state index in [0.717, 1.165) is 30.0 Å². The number of aromatic nitrogens is 2. The Hall–Kier alpha value is -2.83. The van der Waals surface area contributed by atoms with Gasteiger partial charge in [0.25, 0.3) is 0 Å². The first kappa shape index (κ1) is 20.4. The van der Waals surface area contributed by atoms with Crippen molar-refractivity contribution < 1.29 is 9.53 Å². The van der Waals surface area contributed by atoms with Gasteiger partial charge in [-0.3, -0.25) is 4.79 Å². The van der Waals surface area contributed by atoms with Crippen LogP contribution in [0.3, 0.4) is 0 Å². The number of hydrogen-bond donors (Lipinski definition) is 2. The number of halogens is 2. The first-order valence-electron chi connectivity index (χ1n) is 9.69.